The van der Waals surface area contributed by atoms with Crippen LogP contribution in [-0.4, -0.2) is 57.2 Å². The molecule has 0 aliphatic carbocycles. The summed E-state index contributed by atoms with van der Waals surface area (Å²) in [5, 5.41) is 2.94. The number of para-hydroxylation sites is 2. The van der Waals surface area contributed by atoms with Crippen LogP contribution in [0.5, 0.6) is 11.5 Å². The van der Waals surface area contributed by atoms with Crippen LogP contribution in [-0.2, 0) is 4.79 Å². The van der Waals surface area contributed by atoms with E-state index in [0.717, 1.165) is 49.1 Å². The number of rotatable bonds is 7. The monoisotopic (exact) mass is 369 g/mol. The molecule has 27 heavy (non-hydrogen) atoms. The molecule has 2 aromatic rings. The minimum Gasteiger partial charge on any atom is -0.497 e. The molecule has 0 atom stereocenters. The number of carbonyl (C=O) groups is 1. The molecule has 0 radical (unpaired) electrons. The molecule has 0 spiro atoms. The zero-order valence-corrected chi connectivity index (χ0v) is 16.0. The molecular formula is C21H27N3O3. The first-order valence-electron chi connectivity index (χ1n) is 9.32. The normalized spacial score (nSPS) is 14.7. The fourth-order valence-electron chi connectivity index (χ4n) is 3.22. The van der Waals surface area contributed by atoms with E-state index in [4.69, 9.17) is 9.47 Å². The molecule has 1 amide bonds. The van der Waals surface area contributed by atoms with E-state index in [1.54, 1.807) is 7.11 Å². The quantitative estimate of drug-likeness (QED) is 0.813. The summed E-state index contributed by atoms with van der Waals surface area (Å²) in [6.45, 7) is 6.48. The fourth-order valence-corrected chi connectivity index (χ4v) is 3.22. The van der Waals surface area contributed by atoms with Gasteiger partial charge in [-0.05, 0) is 43.3 Å². The van der Waals surface area contributed by atoms with Crippen molar-refractivity contribution in [1.82, 2.24) is 4.90 Å². The summed E-state index contributed by atoms with van der Waals surface area (Å²) in [4.78, 5) is 16.8. The zero-order chi connectivity index (χ0) is 19.1. The summed E-state index contributed by atoms with van der Waals surface area (Å²) in [5.74, 6) is 1.70. The van der Waals surface area contributed by atoms with E-state index >= 15 is 0 Å². The Balaban J connectivity index is 1.49. The number of ether oxygens (including phenoxy) is 2. The lowest BCUT2D eigenvalue weighted by Crippen LogP contribution is -2.48. The van der Waals surface area contributed by atoms with E-state index < -0.39 is 0 Å². The van der Waals surface area contributed by atoms with E-state index in [1.165, 1.54) is 0 Å². The van der Waals surface area contributed by atoms with Crippen LogP contribution in [0.25, 0.3) is 0 Å². The van der Waals surface area contributed by atoms with Gasteiger partial charge in [-0.1, -0.05) is 12.1 Å². The van der Waals surface area contributed by atoms with Crippen molar-refractivity contribution in [3.05, 3.63) is 48.5 Å². The summed E-state index contributed by atoms with van der Waals surface area (Å²) >= 11 is 0. The summed E-state index contributed by atoms with van der Waals surface area (Å²) in [5.41, 5.74) is 1.91. The molecule has 2 aromatic carbocycles. The minimum absolute atomic E-state index is 0.00309. The molecule has 0 unspecified atom stereocenters. The molecule has 6 nitrogen and oxygen atoms in total. The average molecular weight is 369 g/mol. The van der Waals surface area contributed by atoms with Crippen molar-refractivity contribution in [3.63, 3.8) is 0 Å². The second kappa shape index (κ2) is 9.28. The van der Waals surface area contributed by atoms with Gasteiger partial charge in [0, 0.05) is 31.9 Å². The predicted octanol–water partition coefficient (Wildman–Crippen LogP) is 2.85. The Morgan fingerprint density at radius 1 is 1.04 bits per heavy atom. The third-order valence-corrected chi connectivity index (χ3v) is 4.62. The van der Waals surface area contributed by atoms with Gasteiger partial charge in [-0.15, -0.1) is 0 Å². The first-order chi connectivity index (χ1) is 13.2. The summed E-state index contributed by atoms with van der Waals surface area (Å²) in [7, 11) is 1.63. The van der Waals surface area contributed by atoms with E-state index in [0.29, 0.717) is 13.2 Å². The molecule has 1 N–H and O–H groups in total. The first-order valence-corrected chi connectivity index (χ1v) is 9.32. The largest absolute Gasteiger partial charge is 0.497 e. The van der Waals surface area contributed by atoms with Crippen LogP contribution >= 0.6 is 0 Å². The lowest BCUT2D eigenvalue weighted by Gasteiger charge is -2.36. The lowest BCUT2D eigenvalue weighted by molar-refractivity contribution is -0.117. The Morgan fingerprint density at radius 2 is 1.74 bits per heavy atom. The van der Waals surface area contributed by atoms with Gasteiger partial charge in [0.1, 0.15) is 11.5 Å². The van der Waals surface area contributed by atoms with Crippen LogP contribution in [0, 0.1) is 0 Å². The van der Waals surface area contributed by atoms with Gasteiger partial charge in [-0.2, -0.15) is 0 Å². The SMILES string of the molecule is CCOc1ccccc1N1CCN(CC(=O)Nc2ccc(OC)cc2)CC1. The second-order valence-electron chi connectivity index (χ2n) is 6.44. The van der Waals surface area contributed by atoms with Crippen LogP contribution in [0.2, 0.25) is 0 Å². The molecule has 3 rings (SSSR count). The molecule has 0 aromatic heterocycles. The van der Waals surface area contributed by atoms with Crippen molar-refractivity contribution in [2.75, 3.05) is 56.7 Å². The number of carbonyl (C=O) groups excluding carboxylic acids is 1. The average Bonchev–Trinajstić information content (AvgIpc) is 2.70. The van der Waals surface area contributed by atoms with Crippen LogP contribution in [0.4, 0.5) is 11.4 Å². The highest BCUT2D eigenvalue weighted by Gasteiger charge is 2.21. The van der Waals surface area contributed by atoms with Crippen molar-refractivity contribution in [2.45, 2.75) is 6.92 Å². The first kappa shape index (κ1) is 19.0. The minimum atomic E-state index is 0.00309. The maximum atomic E-state index is 12.3. The van der Waals surface area contributed by atoms with Crippen molar-refractivity contribution in [2.24, 2.45) is 0 Å². The standard InChI is InChI=1S/C21H27N3O3/c1-3-27-20-7-5-4-6-19(20)24-14-12-23(13-15-24)16-21(25)22-17-8-10-18(26-2)11-9-17/h4-11H,3,12-16H2,1-2H3,(H,22,25). The lowest BCUT2D eigenvalue weighted by atomic mass is 10.2. The third kappa shape index (κ3) is 5.14. The predicted molar refractivity (Wildman–Crippen MR) is 108 cm³/mol. The molecule has 1 saturated heterocycles. The highest BCUT2D eigenvalue weighted by Crippen LogP contribution is 2.28. The van der Waals surface area contributed by atoms with Crippen molar-refractivity contribution in [3.8, 4) is 11.5 Å². The van der Waals surface area contributed by atoms with Gasteiger partial charge in [0.2, 0.25) is 5.91 Å². The number of anilines is 2. The Hall–Kier alpha value is -2.73. The highest BCUT2D eigenvalue weighted by molar-refractivity contribution is 5.92. The molecule has 0 saturated carbocycles. The van der Waals surface area contributed by atoms with Crippen molar-refractivity contribution < 1.29 is 14.3 Å². The molecule has 1 heterocycles. The third-order valence-electron chi connectivity index (χ3n) is 4.62. The smallest absolute Gasteiger partial charge is 0.238 e. The van der Waals surface area contributed by atoms with Gasteiger partial charge in [0.05, 0.1) is 25.9 Å². The number of hydrogen-bond acceptors (Lipinski definition) is 5. The number of amides is 1. The summed E-state index contributed by atoms with van der Waals surface area (Å²) in [6.07, 6.45) is 0. The van der Waals surface area contributed by atoms with E-state index in [1.807, 2.05) is 49.4 Å². The molecule has 1 aliphatic heterocycles. The molecular weight excluding hydrogens is 342 g/mol. The Bertz CT molecular complexity index is 741. The van der Waals surface area contributed by atoms with Crippen molar-refractivity contribution in [1.29, 1.82) is 0 Å². The topological polar surface area (TPSA) is 54.0 Å². The Kier molecular flexibility index (Phi) is 6.54. The summed E-state index contributed by atoms with van der Waals surface area (Å²) < 4.78 is 10.9. The molecule has 144 valence electrons. The zero-order valence-electron chi connectivity index (χ0n) is 16.0. The number of nitrogens with one attached hydrogen (secondary N) is 1. The maximum Gasteiger partial charge on any atom is 0.238 e. The fraction of sp³-hybridized carbons (Fsp3) is 0.381. The van der Waals surface area contributed by atoms with Crippen LogP contribution in [0.1, 0.15) is 6.92 Å². The van der Waals surface area contributed by atoms with Crippen LogP contribution in [0.15, 0.2) is 48.5 Å². The highest BCUT2D eigenvalue weighted by atomic mass is 16.5. The van der Waals surface area contributed by atoms with E-state index in [2.05, 4.69) is 21.2 Å². The van der Waals surface area contributed by atoms with Gasteiger partial charge in [-0.3, -0.25) is 9.69 Å². The van der Waals surface area contributed by atoms with Crippen molar-refractivity contribution >= 4 is 17.3 Å². The van der Waals surface area contributed by atoms with Gasteiger partial charge in [0.15, 0.2) is 0 Å². The van der Waals surface area contributed by atoms with Gasteiger partial charge in [-0.25, -0.2) is 0 Å². The molecule has 1 aliphatic rings. The second-order valence-corrected chi connectivity index (χ2v) is 6.44. The van der Waals surface area contributed by atoms with Gasteiger partial charge in [0.25, 0.3) is 0 Å². The number of nitrogens with zero attached hydrogens (tertiary/aromatic N) is 2. The van der Waals surface area contributed by atoms with Crippen LogP contribution in [0.3, 0.4) is 0 Å². The number of methoxy groups -OCH3 is 1. The van der Waals surface area contributed by atoms with Gasteiger partial charge >= 0.3 is 0 Å². The van der Waals surface area contributed by atoms with E-state index in [9.17, 15) is 4.79 Å². The number of hydrogen-bond donors (Lipinski definition) is 1. The van der Waals surface area contributed by atoms with Gasteiger partial charge < -0.3 is 19.7 Å². The Morgan fingerprint density at radius 3 is 2.41 bits per heavy atom. The molecule has 6 heteroatoms. The number of benzene rings is 2. The van der Waals surface area contributed by atoms with E-state index in [-0.39, 0.29) is 5.91 Å². The molecule has 1 fully saturated rings. The number of piperazine rings is 1. The molecule has 0 bridgehead atoms. The van der Waals surface area contributed by atoms with Crippen LogP contribution < -0.4 is 19.7 Å². The summed E-state index contributed by atoms with van der Waals surface area (Å²) in [6, 6.07) is 15.5. The maximum absolute atomic E-state index is 12.3. The Labute approximate surface area is 160 Å².